The van der Waals surface area contributed by atoms with Gasteiger partial charge < -0.3 is 29.5 Å². The van der Waals surface area contributed by atoms with Crippen LogP contribution in [0.15, 0.2) is 16.7 Å². The van der Waals surface area contributed by atoms with Gasteiger partial charge in [0, 0.05) is 23.7 Å². The van der Waals surface area contributed by atoms with Crippen molar-refractivity contribution in [1.82, 2.24) is 20.0 Å². The zero-order chi connectivity index (χ0) is 31.1. The summed E-state index contributed by atoms with van der Waals surface area (Å²) in [7, 11) is 3.49. The molecule has 0 amide bonds. The molecule has 0 bridgehead atoms. The van der Waals surface area contributed by atoms with E-state index in [1.165, 1.54) is 12.0 Å². The second-order valence-electron chi connectivity index (χ2n) is 10.7. The number of aryl methyl sites for hydroxylation is 1. The molecule has 0 radical (unpaired) electrons. The Bertz CT molecular complexity index is 1440. The molecule has 1 unspecified atom stereocenters. The lowest BCUT2D eigenvalue weighted by molar-refractivity contribution is 0.154. The molecule has 43 heavy (non-hydrogen) atoms. The molecule has 0 spiro atoms. The van der Waals surface area contributed by atoms with E-state index in [1.54, 1.807) is 13.0 Å². The third-order valence-corrected chi connectivity index (χ3v) is 7.97. The van der Waals surface area contributed by atoms with E-state index in [0.717, 1.165) is 37.8 Å². The number of nitrogen functional groups attached to an aromatic ring is 1. The second kappa shape index (κ2) is 14.5. The highest BCUT2D eigenvalue weighted by Crippen LogP contribution is 2.41. The van der Waals surface area contributed by atoms with Crippen molar-refractivity contribution < 1.29 is 22.8 Å². The summed E-state index contributed by atoms with van der Waals surface area (Å²) in [5.41, 5.74) is 9.42. The summed E-state index contributed by atoms with van der Waals surface area (Å²) in [4.78, 5) is 13.1. The molecule has 1 aliphatic heterocycles. The molecule has 0 aliphatic carbocycles. The van der Waals surface area contributed by atoms with Crippen molar-refractivity contribution in [2.45, 2.75) is 71.8 Å². The van der Waals surface area contributed by atoms with Gasteiger partial charge in [-0.25, -0.2) is 13.8 Å². The SMILES string of the molecule is CCCCc1c(-c2nc(OCC3CCCN3C)c(OC)c(N(CC)CC(F)F)n2)noc1-c1c(CC)ccc(N)c1C#N. The predicted octanol–water partition coefficient (Wildman–Crippen LogP) is 5.73. The minimum Gasteiger partial charge on any atom is -0.489 e. The summed E-state index contributed by atoms with van der Waals surface area (Å²) in [6, 6.07) is 6.02. The molecule has 1 aromatic carbocycles. The van der Waals surface area contributed by atoms with Gasteiger partial charge in [-0.2, -0.15) is 10.2 Å². The first-order chi connectivity index (χ1) is 20.8. The van der Waals surface area contributed by atoms with Crippen LogP contribution in [0.5, 0.6) is 11.6 Å². The first-order valence-electron chi connectivity index (χ1n) is 14.9. The molecule has 0 saturated carbocycles. The van der Waals surface area contributed by atoms with E-state index in [1.807, 2.05) is 20.0 Å². The number of anilines is 2. The lowest BCUT2D eigenvalue weighted by atomic mass is 9.92. The molecular weight excluding hydrogens is 556 g/mol. The highest BCUT2D eigenvalue weighted by Gasteiger charge is 2.30. The minimum absolute atomic E-state index is 0.150. The van der Waals surface area contributed by atoms with Crippen LogP contribution < -0.4 is 20.1 Å². The number of rotatable bonds is 14. The Morgan fingerprint density at radius 3 is 2.65 bits per heavy atom. The Hall–Kier alpha value is -3.98. The second-order valence-corrected chi connectivity index (χ2v) is 10.7. The Kier molecular flexibility index (Phi) is 10.7. The summed E-state index contributed by atoms with van der Waals surface area (Å²) >= 11 is 0. The van der Waals surface area contributed by atoms with Crippen LogP contribution in [0, 0.1) is 11.3 Å². The topological polar surface area (TPSA) is 127 Å². The molecule has 2 aromatic heterocycles. The van der Waals surface area contributed by atoms with E-state index in [-0.39, 0.29) is 35.9 Å². The van der Waals surface area contributed by atoms with Crippen molar-refractivity contribution in [1.29, 1.82) is 5.26 Å². The number of nitriles is 1. The molecule has 232 valence electrons. The Morgan fingerprint density at radius 1 is 1.26 bits per heavy atom. The number of hydrogen-bond acceptors (Lipinski definition) is 10. The van der Waals surface area contributed by atoms with Gasteiger partial charge in [0.1, 0.15) is 12.7 Å². The smallest absolute Gasteiger partial charge is 0.263 e. The number of unbranched alkanes of at least 4 members (excludes halogenated alkanes) is 1. The molecule has 4 rings (SSSR count). The van der Waals surface area contributed by atoms with Crippen molar-refractivity contribution in [2.75, 3.05) is 51.0 Å². The van der Waals surface area contributed by atoms with Crippen LogP contribution in [0.2, 0.25) is 0 Å². The number of alkyl halides is 2. The van der Waals surface area contributed by atoms with Crippen LogP contribution >= 0.6 is 0 Å². The van der Waals surface area contributed by atoms with Crippen LogP contribution in [-0.2, 0) is 12.8 Å². The number of aromatic nitrogens is 3. The molecule has 2 N–H and O–H groups in total. The van der Waals surface area contributed by atoms with Gasteiger partial charge in [0.05, 0.1) is 24.9 Å². The van der Waals surface area contributed by atoms with Crippen LogP contribution in [0.4, 0.5) is 20.3 Å². The molecule has 1 atom stereocenters. The molecule has 1 saturated heterocycles. The van der Waals surface area contributed by atoms with Crippen LogP contribution in [-0.4, -0.2) is 72.9 Å². The molecular formula is C31H41F2N7O3. The van der Waals surface area contributed by atoms with Gasteiger partial charge in [0.25, 0.3) is 12.3 Å². The zero-order valence-electron chi connectivity index (χ0n) is 25.6. The van der Waals surface area contributed by atoms with E-state index in [0.29, 0.717) is 53.3 Å². The Labute approximate surface area is 251 Å². The average Bonchev–Trinajstić information content (AvgIpc) is 3.62. The van der Waals surface area contributed by atoms with E-state index in [9.17, 15) is 14.0 Å². The van der Waals surface area contributed by atoms with Crippen LogP contribution in [0.3, 0.4) is 0 Å². The maximum atomic E-state index is 13.7. The van der Waals surface area contributed by atoms with E-state index < -0.39 is 13.0 Å². The summed E-state index contributed by atoms with van der Waals surface area (Å²) in [6.07, 6.45) is 2.35. The molecule has 1 aliphatic rings. The van der Waals surface area contributed by atoms with Crippen molar-refractivity contribution in [3.05, 3.63) is 28.8 Å². The fourth-order valence-electron chi connectivity index (χ4n) is 5.52. The highest BCUT2D eigenvalue weighted by atomic mass is 19.3. The number of methoxy groups -OCH3 is 1. The number of likely N-dealkylation sites (N-methyl/N-ethyl adjacent to an activating group) is 1. The third-order valence-electron chi connectivity index (χ3n) is 7.97. The summed E-state index contributed by atoms with van der Waals surface area (Å²) < 4.78 is 45.2. The van der Waals surface area contributed by atoms with Crippen molar-refractivity contribution in [2.24, 2.45) is 0 Å². The maximum Gasteiger partial charge on any atom is 0.263 e. The van der Waals surface area contributed by atoms with Crippen LogP contribution in [0.1, 0.15) is 63.1 Å². The predicted molar refractivity (Wildman–Crippen MR) is 162 cm³/mol. The molecule has 10 nitrogen and oxygen atoms in total. The lowest BCUT2D eigenvalue weighted by Gasteiger charge is -2.25. The van der Waals surface area contributed by atoms with Gasteiger partial charge >= 0.3 is 0 Å². The standard InChI is InChI=1S/C31H41F2N7O3/c1-6-9-12-21-26(38-43-27(21)25-19(7-2)13-14-23(35)22(25)16-34)29-36-30(40(8-3)17-24(32)33)28(41-5)31(37-29)42-18-20-11-10-15-39(20)4/h13-14,20,24H,6-12,15,17-18,35H2,1-5H3. The van der Waals surface area contributed by atoms with Gasteiger partial charge in [-0.1, -0.05) is 31.5 Å². The van der Waals surface area contributed by atoms with E-state index >= 15 is 0 Å². The fourth-order valence-corrected chi connectivity index (χ4v) is 5.52. The van der Waals surface area contributed by atoms with E-state index in [4.69, 9.17) is 29.7 Å². The van der Waals surface area contributed by atoms with Gasteiger partial charge in [0.15, 0.2) is 23.1 Å². The highest BCUT2D eigenvalue weighted by molar-refractivity contribution is 5.81. The molecule has 12 heteroatoms. The first-order valence-corrected chi connectivity index (χ1v) is 14.9. The lowest BCUT2D eigenvalue weighted by Crippen LogP contribution is -2.32. The normalized spacial score (nSPS) is 15.2. The number of ether oxygens (including phenoxy) is 2. The number of nitrogens with zero attached hydrogens (tertiary/aromatic N) is 6. The minimum atomic E-state index is -2.60. The fraction of sp³-hybridized carbons (Fsp3) is 0.548. The third kappa shape index (κ3) is 6.82. The number of nitrogens with two attached hydrogens (primary N) is 1. The number of likely N-dealkylation sites (tertiary alicyclic amines) is 1. The Morgan fingerprint density at radius 2 is 2.05 bits per heavy atom. The maximum absolute atomic E-state index is 13.7. The van der Waals surface area contributed by atoms with Crippen molar-refractivity contribution >= 4 is 11.5 Å². The summed E-state index contributed by atoms with van der Waals surface area (Å²) in [5, 5.41) is 14.4. The van der Waals surface area contributed by atoms with Gasteiger partial charge in [0.2, 0.25) is 5.75 Å². The number of halogens is 2. The largest absolute Gasteiger partial charge is 0.489 e. The average molecular weight is 598 g/mol. The number of hydrogen-bond donors (Lipinski definition) is 1. The zero-order valence-corrected chi connectivity index (χ0v) is 25.6. The molecule has 3 heterocycles. The Balaban J connectivity index is 1.92. The quantitative estimate of drug-likeness (QED) is 0.230. The van der Waals surface area contributed by atoms with Crippen molar-refractivity contribution in [3.63, 3.8) is 0 Å². The van der Waals surface area contributed by atoms with E-state index in [2.05, 4.69) is 23.0 Å². The van der Waals surface area contributed by atoms with Gasteiger partial charge in [-0.3, -0.25) is 0 Å². The van der Waals surface area contributed by atoms with Gasteiger partial charge in [-0.05, 0) is 64.3 Å². The molecule has 3 aromatic rings. The number of benzene rings is 1. The first kappa shape index (κ1) is 31.9. The molecule has 1 fully saturated rings. The van der Waals surface area contributed by atoms with Crippen molar-refractivity contribution in [3.8, 4) is 40.5 Å². The summed E-state index contributed by atoms with van der Waals surface area (Å²) in [6.45, 7) is 6.87. The monoisotopic (exact) mass is 597 g/mol. The summed E-state index contributed by atoms with van der Waals surface area (Å²) in [5.74, 6) is 1.12. The van der Waals surface area contributed by atoms with Crippen LogP contribution in [0.25, 0.3) is 22.8 Å². The van der Waals surface area contributed by atoms with Gasteiger partial charge in [-0.15, -0.1) is 0 Å².